The Bertz CT molecular complexity index is 367. The number of nitrogens with two attached hydrogens (primary N) is 1. The molecule has 1 heterocycles. The van der Waals surface area contributed by atoms with E-state index >= 15 is 0 Å². The zero-order valence-corrected chi connectivity index (χ0v) is 9.40. The van der Waals surface area contributed by atoms with Crippen LogP contribution in [0.15, 0.2) is 24.4 Å². The van der Waals surface area contributed by atoms with E-state index < -0.39 is 10.1 Å². The van der Waals surface area contributed by atoms with E-state index in [0.717, 1.165) is 5.69 Å². The van der Waals surface area contributed by atoms with E-state index in [9.17, 15) is 13.0 Å². The molecule has 0 aliphatic rings. The Morgan fingerprint density at radius 2 is 2.00 bits per heavy atom. The molecular weight excluding hydrogens is 236 g/mol. The van der Waals surface area contributed by atoms with Crippen LogP contribution in [-0.2, 0) is 16.7 Å². The van der Waals surface area contributed by atoms with E-state index in [4.69, 9.17) is 0 Å². The van der Waals surface area contributed by atoms with E-state index in [0.29, 0.717) is 6.54 Å². The second-order valence-electron chi connectivity index (χ2n) is 2.86. The fourth-order valence-electron chi connectivity index (χ4n) is 0.996. The van der Waals surface area contributed by atoms with Crippen molar-refractivity contribution in [2.75, 3.05) is 12.3 Å². The molecule has 16 heavy (non-hydrogen) atoms. The summed E-state index contributed by atoms with van der Waals surface area (Å²) in [5.41, 5.74) is 0.871. The molecule has 0 spiro atoms. The predicted molar refractivity (Wildman–Crippen MR) is 56.5 cm³/mol. The van der Waals surface area contributed by atoms with E-state index in [2.05, 4.69) is 4.98 Å². The van der Waals surface area contributed by atoms with Crippen LogP contribution in [0, 0.1) is 0 Å². The molecule has 0 aromatic carbocycles. The van der Waals surface area contributed by atoms with Crippen LogP contribution in [0.4, 0.5) is 0 Å². The minimum atomic E-state index is -4.08. The summed E-state index contributed by atoms with van der Waals surface area (Å²) in [5.74, 6) is -0.333. The van der Waals surface area contributed by atoms with E-state index in [1.807, 2.05) is 18.2 Å². The lowest BCUT2D eigenvalue weighted by atomic mass is 10.3. The minimum absolute atomic E-state index is 0. The summed E-state index contributed by atoms with van der Waals surface area (Å²) in [7, 11) is -4.08. The molecule has 0 unspecified atom stereocenters. The number of nitrogens with zero attached hydrogens (tertiary/aromatic N) is 1. The second kappa shape index (κ2) is 8.13. The van der Waals surface area contributed by atoms with Crippen molar-refractivity contribution in [1.29, 1.82) is 0 Å². The standard InChI is InChI=1S/C8H12N2O3S.2H2O/c11-14(12,13)6-5-9-7-8-3-1-2-4-10-8;;/h1-4,9H,5-7H2,(H,11,12,13);2*1H2. The van der Waals surface area contributed by atoms with Gasteiger partial charge in [0.25, 0.3) is 0 Å². The summed E-state index contributed by atoms with van der Waals surface area (Å²) in [4.78, 5) is 4.05. The molecule has 0 radical (unpaired) electrons. The number of pyridine rings is 1. The topological polar surface area (TPSA) is 150 Å². The number of hydrogen-bond acceptors (Lipinski definition) is 4. The van der Waals surface area contributed by atoms with Crippen LogP contribution in [0.2, 0.25) is 0 Å². The van der Waals surface area contributed by atoms with Crippen molar-refractivity contribution in [2.24, 2.45) is 0 Å². The molecule has 0 aliphatic carbocycles. The van der Waals surface area contributed by atoms with Crippen LogP contribution < -0.4 is 5.32 Å². The van der Waals surface area contributed by atoms with Gasteiger partial charge in [-0.2, -0.15) is 0 Å². The normalized spacial score (nSPS) is 10.1. The van der Waals surface area contributed by atoms with Gasteiger partial charge in [0.15, 0.2) is 0 Å². The van der Waals surface area contributed by atoms with Gasteiger partial charge in [-0.3, -0.25) is 4.98 Å². The van der Waals surface area contributed by atoms with E-state index in [1.54, 1.807) is 11.5 Å². The Morgan fingerprint density at radius 3 is 2.50 bits per heavy atom. The molecule has 1 aromatic heterocycles. The largest absolute Gasteiger partial charge is 0.748 e. The van der Waals surface area contributed by atoms with Gasteiger partial charge < -0.3 is 20.8 Å². The first-order valence-electron chi connectivity index (χ1n) is 4.23. The molecule has 8 heteroatoms. The Morgan fingerprint density at radius 1 is 1.31 bits per heavy atom. The highest BCUT2D eigenvalue weighted by atomic mass is 32.2. The van der Waals surface area contributed by atoms with Crippen LogP contribution in [0.3, 0.4) is 0 Å². The lowest BCUT2D eigenvalue weighted by Crippen LogP contribution is -2.83. The summed E-state index contributed by atoms with van der Waals surface area (Å²) < 4.78 is 30.8. The van der Waals surface area contributed by atoms with Crippen LogP contribution in [0.1, 0.15) is 5.69 Å². The van der Waals surface area contributed by atoms with Crippen molar-refractivity contribution in [3.8, 4) is 0 Å². The monoisotopic (exact) mass is 252 g/mol. The lowest BCUT2D eigenvalue weighted by Gasteiger charge is -2.05. The fraction of sp³-hybridized carbons (Fsp3) is 0.375. The summed E-state index contributed by atoms with van der Waals surface area (Å²) in [6.45, 7) is 0.874. The zero-order chi connectivity index (χ0) is 10.4. The highest BCUT2D eigenvalue weighted by Gasteiger charge is 1.98. The maximum absolute atomic E-state index is 10.3. The molecule has 7 nitrogen and oxygen atoms in total. The van der Waals surface area contributed by atoms with Crippen LogP contribution in [0.25, 0.3) is 0 Å². The van der Waals surface area contributed by atoms with Crippen molar-refractivity contribution in [1.82, 2.24) is 4.98 Å². The van der Waals surface area contributed by atoms with Crippen molar-refractivity contribution in [3.63, 3.8) is 0 Å². The molecule has 0 bridgehead atoms. The first kappa shape index (κ1) is 17.3. The number of aromatic nitrogens is 1. The third-order valence-corrected chi connectivity index (χ3v) is 2.39. The Labute approximate surface area is 93.9 Å². The van der Waals surface area contributed by atoms with Gasteiger partial charge in [0, 0.05) is 6.20 Å². The van der Waals surface area contributed by atoms with Crippen molar-refractivity contribution in [2.45, 2.75) is 6.54 Å². The molecule has 0 fully saturated rings. The van der Waals surface area contributed by atoms with Crippen LogP contribution >= 0.6 is 0 Å². The highest BCUT2D eigenvalue weighted by Crippen LogP contribution is 1.88. The molecule has 0 saturated carbocycles. The lowest BCUT2D eigenvalue weighted by molar-refractivity contribution is -0.667. The molecule has 0 saturated heterocycles. The Balaban J connectivity index is 0. The third kappa shape index (κ3) is 8.26. The van der Waals surface area contributed by atoms with Gasteiger partial charge in [-0.25, -0.2) is 8.42 Å². The number of quaternary nitrogens is 1. The molecule has 1 rings (SSSR count). The maximum Gasteiger partial charge on any atom is 0.118 e. The van der Waals surface area contributed by atoms with Crippen LogP contribution in [-0.4, -0.2) is 41.2 Å². The Hall–Kier alpha value is -1.06. The van der Waals surface area contributed by atoms with Crippen molar-refractivity contribution >= 4 is 10.1 Å². The predicted octanol–water partition coefficient (Wildman–Crippen LogP) is -2.96. The van der Waals surface area contributed by atoms with Crippen LogP contribution in [0.5, 0.6) is 0 Å². The van der Waals surface area contributed by atoms with Crippen molar-refractivity contribution in [3.05, 3.63) is 30.1 Å². The molecule has 94 valence electrons. The zero-order valence-electron chi connectivity index (χ0n) is 8.59. The smallest absolute Gasteiger partial charge is 0.118 e. The van der Waals surface area contributed by atoms with Gasteiger partial charge in [-0.1, -0.05) is 6.07 Å². The van der Waals surface area contributed by atoms with E-state index in [1.165, 1.54) is 0 Å². The molecule has 1 aromatic rings. The average Bonchev–Trinajstić information content (AvgIpc) is 2.13. The minimum Gasteiger partial charge on any atom is -0.748 e. The van der Waals surface area contributed by atoms with Gasteiger partial charge in [0.05, 0.1) is 18.0 Å². The third-order valence-electron chi connectivity index (χ3n) is 1.65. The van der Waals surface area contributed by atoms with Crippen molar-refractivity contribution < 1.29 is 29.2 Å². The first-order chi connectivity index (χ1) is 6.58. The average molecular weight is 252 g/mol. The van der Waals surface area contributed by atoms with Gasteiger partial charge in [-0.05, 0) is 12.1 Å². The quantitative estimate of drug-likeness (QED) is 0.440. The first-order valence-corrected chi connectivity index (χ1v) is 5.81. The fourth-order valence-corrected chi connectivity index (χ4v) is 1.45. The summed E-state index contributed by atoms with van der Waals surface area (Å²) in [6, 6.07) is 5.52. The molecular formula is C8H16N2O5S. The van der Waals surface area contributed by atoms with Gasteiger partial charge in [-0.15, -0.1) is 0 Å². The SMILES string of the molecule is O.O.O=S(=O)([O-])CC[NH2+]Cc1ccccn1. The summed E-state index contributed by atoms with van der Waals surface area (Å²) >= 11 is 0. The number of hydrogen-bond donors (Lipinski definition) is 1. The molecule has 6 N–H and O–H groups in total. The second-order valence-corrected chi connectivity index (χ2v) is 4.39. The molecule has 0 aliphatic heterocycles. The van der Waals surface area contributed by atoms with Gasteiger partial charge in [0.2, 0.25) is 0 Å². The highest BCUT2D eigenvalue weighted by molar-refractivity contribution is 7.85. The summed E-state index contributed by atoms with van der Waals surface area (Å²) in [5, 5.41) is 1.75. The van der Waals surface area contributed by atoms with Gasteiger partial charge in [0.1, 0.15) is 16.7 Å². The Kier molecular flexibility index (Phi) is 8.81. The summed E-state index contributed by atoms with van der Waals surface area (Å²) in [6.07, 6.45) is 1.67. The van der Waals surface area contributed by atoms with Gasteiger partial charge >= 0.3 is 0 Å². The van der Waals surface area contributed by atoms with E-state index in [-0.39, 0.29) is 23.2 Å². The number of rotatable bonds is 5. The maximum atomic E-state index is 10.3. The molecule has 0 amide bonds. The molecule has 0 atom stereocenters.